The Hall–Kier alpha value is -1.29. The lowest BCUT2D eigenvalue weighted by molar-refractivity contribution is -0.384. The van der Waals surface area contributed by atoms with Crippen LogP contribution in [0.4, 0.5) is 11.4 Å². The fraction of sp³-hybridized carbons (Fsp3) is 0.400. The summed E-state index contributed by atoms with van der Waals surface area (Å²) in [4.78, 5) is 12.1. The summed E-state index contributed by atoms with van der Waals surface area (Å²) in [6.45, 7) is 5.69. The molecule has 0 aromatic heterocycles. The van der Waals surface area contributed by atoms with Crippen molar-refractivity contribution >= 4 is 23.0 Å². The number of nitrogens with zero attached hydrogens (tertiary/aromatic N) is 2. The van der Waals surface area contributed by atoms with Gasteiger partial charge in [-0.15, -0.1) is 0 Å². The molecular formula is C10H13ClN2O2. The Labute approximate surface area is 93.6 Å². The van der Waals surface area contributed by atoms with Crippen molar-refractivity contribution in [1.29, 1.82) is 0 Å². The largest absolute Gasteiger partial charge is 0.371 e. The average Bonchev–Trinajstić information content (AvgIpc) is 2.21. The van der Waals surface area contributed by atoms with E-state index in [9.17, 15) is 10.1 Å². The molecule has 5 heteroatoms. The first-order chi connectivity index (χ1) is 7.10. The Kier molecular flexibility index (Phi) is 3.91. The number of non-ortho nitro benzene ring substituents is 1. The Morgan fingerprint density at radius 3 is 2.40 bits per heavy atom. The van der Waals surface area contributed by atoms with Crippen molar-refractivity contribution in [3.8, 4) is 0 Å². The maximum Gasteiger partial charge on any atom is 0.271 e. The van der Waals surface area contributed by atoms with E-state index in [0.29, 0.717) is 5.02 Å². The zero-order valence-electron chi connectivity index (χ0n) is 8.74. The Bertz CT molecular complexity index is 364. The normalized spacial score (nSPS) is 10.1. The van der Waals surface area contributed by atoms with E-state index in [-0.39, 0.29) is 5.69 Å². The summed E-state index contributed by atoms with van der Waals surface area (Å²) >= 11 is 5.98. The number of nitro benzene ring substituents is 1. The number of halogens is 1. The van der Waals surface area contributed by atoms with E-state index >= 15 is 0 Å². The van der Waals surface area contributed by atoms with Gasteiger partial charge in [0.2, 0.25) is 0 Å². The molecular weight excluding hydrogens is 216 g/mol. The summed E-state index contributed by atoms with van der Waals surface area (Å²) < 4.78 is 0. The number of rotatable bonds is 4. The van der Waals surface area contributed by atoms with Crippen LogP contribution in [0.1, 0.15) is 13.8 Å². The van der Waals surface area contributed by atoms with Gasteiger partial charge in [0.05, 0.1) is 15.6 Å². The van der Waals surface area contributed by atoms with E-state index in [1.807, 2.05) is 18.7 Å². The lowest BCUT2D eigenvalue weighted by atomic mass is 10.2. The highest BCUT2D eigenvalue weighted by molar-refractivity contribution is 6.33. The second-order valence-electron chi connectivity index (χ2n) is 3.07. The van der Waals surface area contributed by atoms with E-state index in [2.05, 4.69) is 0 Å². The van der Waals surface area contributed by atoms with Gasteiger partial charge in [0.15, 0.2) is 0 Å². The summed E-state index contributed by atoms with van der Waals surface area (Å²) in [6, 6.07) is 4.54. The van der Waals surface area contributed by atoms with Gasteiger partial charge in [-0.1, -0.05) is 11.6 Å². The van der Waals surface area contributed by atoms with Gasteiger partial charge in [0, 0.05) is 25.2 Å². The van der Waals surface area contributed by atoms with E-state index in [4.69, 9.17) is 11.6 Å². The first kappa shape index (κ1) is 11.8. The molecule has 0 fully saturated rings. The highest BCUT2D eigenvalue weighted by Crippen LogP contribution is 2.29. The van der Waals surface area contributed by atoms with Crippen molar-refractivity contribution in [2.75, 3.05) is 18.0 Å². The minimum atomic E-state index is -0.447. The van der Waals surface area contributed by atoms with Gasteiger partial charge in [0.1, 0.15) is 0 Å². The number of anilines is 1. The quantitative estimate of drug-likeness (QED) is 0.588. The Morgan fingerprint density at radius 1 is 1.40 bits per heavy atom. The Balaban J connectivity index is 3.07. The standard InChI is InChI=1S/C10H13ClN2O2/c1-3-12(4-2)10-6-5-8(13(14)15)7-9(10)11/h5-7H,3-4H2,1-2H3. The molecule has 0 spiro atoms. The third kappa shape index (κ3) is 2.59. The van der Waals surface area contributed by atoms with Gasteiger partial charge < -0.3 is 4.90 Å². The van der Waals surface area contributed by atoms with Gasteiger partial charge in [-0.25, -0.2) is 0 Å². The van der Waals surface area contributed by atoms with E-state index in [0.717, 1.165) is 18.8 Å². The van der Waals surface area contributed by atoms with Crippen molar-refractivity contribution in [2.45, 2.75) is 13.8 Å². The minimum Gasteiger partial charge on any atom is -0.371 e. The number of benzene rings is 1. The van der Waals surface area contributed by atoms with Crippen LogP contribution in [-0.4, -0.2) is 18.0 Å². The molecule has 15 heavy (non-hydrogen) atoms. The van der Waals surface area contributed by atoms with Gasteiger partial charge >= 0.3 is 0 Å². The van der Waals surface area contributed by atoms with Crippen LogP contribution >= 0.6 is 11.6 Å². The molecule has 1 rings (SSSR count). The zero-order valence-corrected chi connectivity index (χ0v) is 9.49. The van der Waals surface area contributed by atoms with Crippen LogP contribution in [-0.2, 0) is 0 Å². The summed E-state index contributed by atoms with van der Waals surface area (Å²) in [5.74, 6) is 0. The number of hydrogen-bond acceptors (Lipinski definition) is 3. The third-order valence-corrected chi connectivity index (χ3v) is 2.55. The molecule has 0 unspecified atom stereocenters. The highest BCUT2D eigenvalue weighted by Gasteiger charge is 2.12. The number of hydrogen-bond donors (Lipinski definition) is 0. The third-order valence-electron chi connectivity index (χ3n) is 2.25. The fourth-order valence-corrected chi connectivity index (χ4v) is 1.72. The maximum absolute atomic E-state index is 10.5. The van der Waals surface area contributed by atoms with Crippen molar-refractivity contribution in [3.63, 3.8) is 0 Å². The van der Waals surface area contributed by atoms with Crippen LogP contribution in [0.15, 0.2) is 18.2 Å². The summed E-state index contributed by atoms with van der Waals surface area (Å²) in [7, 11) is 0. The molecule has 0 heterocycles. The fourth-order valence-electron chi connectivity index (χ4n) is 1.43. The van der Waals surface area contributed by atoms with Crippen LogP contribution in [0.5, 0.6) is 0 Å². The highest BCUT2D eigenvalue weighted by atomic mass is 35.5. The first-order valence-corrected chi connectivity index (χ1v) is 5.16. The molecule has 0 saturated heterocycles. The molecule has 0 aliphatic heterocycles. The summed E-state index contributed by atoms with van der Waals surface area (Å²) in [6.07, 6.45) is 0. The van der Waals surface area contributed by atoms with Crippen LogP contribution in [0.2, 0.25) is 5.02 Å². The molecule has 4 nitrogen and oxygen atoms in total. The molecule has 0 aliphatic rings. The molecule has 0 aliphatic carbocycles. The van der Waals surface area contributed by atoms with Crippen molar-refractivity contribution < 1.29 is 4.92 Å². The smallest absolute Gasteiger partial charge is 0.271 e. The average molecular weight is 229 g/mol. The van der Waals surface area contributed by atoms with Crippen LogP contribution < -0.4 is 4.90 Å². The predicted octanol–water partition coefficient (Wildman–Crippen LogP) is 3.09. The molecule has 0 bridgehead atoms. The number of nitro groups is 1. The lowest BCUT2D eigenvalue weighted by Gasteiger charge is -2.21. The van der Waals surface area contributed by atoms with Crippen molar-refractivity contribution in [2.24, 2.45) is 0 Å². The Morgan fingerprint density at radius 2 is 2.00 bits per heavy atom. The molecule has 1 aromatic rings. The molecule has 82 valence electrons. The minimum absolute atomic E-state index is 0.0240. The monoisotopic (exact) mass is 228 g/mol. The molecule has 0 N–H and O–H groups in total. The van der Waals surface area contributed by atoms with E-state index < -0.39 is 4.92 Å². The summed E-state index contributed by atoms with van der Waals surface area (Å²) in [5, 5.41) is 10.9. The molecule has 0 atom stereocenters. The molecule has 1 aromatic carbocycles. The molecule has 0 radical (unpaired) electrons. The second-order valence-corrected chi connectivity index (χ2v) is 3.47. The van der Waals surface area contributed by atoms with Gasteiger partial charge in [0.25, 0.3) is 5.69 Å². The van der Waals surface area contributed by atoms with Crippen molar-refractivity contribution in [3.05, 3.63) is 33.3 Å². The topological polar surface area (TPSA) is 46.4 Å². The van der Waals surface area contributed by atoms with Gasteiger partial charge in [-0.3, -0.25) is 10.1 Å². The van der Waals surface area contributed by atoms with E-state index in [1.165, 1.54) is 12.1 Å². The van der Waals surface area contributed by atoms with Crippen LogP contribution in [0, 0.1) is 10.1 Å². The zero-order chi connectivity index (χ0) is 11.4. The van der Waals surface area contributed by atoms with Gasteiger partial charge in [-0.2, -0.15) is 0 Å². The second kappa shape index (κ2) is 4.98. The summed E-state index contributed by atoms with van der Waals surface area (Å²) in [5.41, 5.74) is 0.864. The lowest BCUT2D eigenvalue weighted by Crippen LogP contribution is -2.22. The van der Waals surface area contributed by atoms with Crippen LogP contribution in [0.25, 0.3) is 0 Å². The first-order valence-electron chi connectivity index (χ1n) is 4.79. The maximum atomic E-state index is 10.5. The molecule has 0 amide bonds. The SMILES string of the molecule is CCN(CC)c1ccc([N+](=O)[O-])cc1Cl. The molecule has 0 saturated carbocycles. The van der Waals surface area contributed by atoms with Gasteiger partial charge in [-0.05, 0) is 19.9 Å². The van der Waals surface area contributed by atoms with E-state index in [1.54, 1.807) is 6.07 Å². The van der Waals surface area contributed by atoms with Crippen LogP contribution in [0.3, 0.4) is 0 Å². The van der Waals surface area contributed by atoms with Crippen molar-refractivity contribution in [1.82, 2.24) is 0 Å². The predicted molar refractivity (Wildman–Crippen MR) is 61.7 cm³/mol.